The Kier molecular flexibility index (Phi) is 5.53. The van der Waals surface area contributed by atoms with Crippen molar-refractivity contribution in [2.45, 2.75) is 50.6 Å². The van der Waals surface area contributed by atoms with Gasteiger partial charge in [0.05, 0.1) is 0 Å². The molecule has 0 aromatic heterocycles. The Hall–Kier alpha value is -2.20. The summed E-state index contributed by atoms with van der Waals surface area (Å²) in [6.07, 6.45) is 4.74. The number of nitrogens with one attached hydrogen (secondary N) is 1. The number of fused-ring (bicyclic) bond motifs is 1. The number of amides is 1. The summed E-state index contributed by atoms with van der Waals surface area (Å²) >= 11 is 0. The number of halogens is 1. The quantitative estimate of drug-likeness (QED) is 0.867. The van der Waals surface area contributed by atoms with E-state index in [-0.39, 0.29) is 17.8 Å². The van der Waals surface area contributed by atoms with Crippen molar-refractivity contribution in [2.24, 2.45) is 0 Å². The molecule has 0 bridgehead atoms. The normalized spacial score (nSPS) is 20.4. The van der Waals surface area contributed by atoms with Crippen LogP contribution in [0, 0.1) is 5.82 Å². The molecule has 1 atom stereocenters. The molecule has 1 aliphatic heterocycles. The molecule has 2 aromatic carbocycles. The lowest BCUT2D eigenvalue weighted by molar-refractivity contribution is -0.122. The van der Waals surface area contributed by atoms with E-state index in [0.717, 1.165) is 50.9 Å². The predicted molar refractivity (Wildman–Crippen MR) is 105 cm³/mol. The second-order valence-electron chi connectivity index (χ2n) is 7.88. The average Bonchev–Trinajstić information content (AvgIpc) is 3.08. The van der Waals surface area contributed by atoms with E-state index in [4.69, 9.17) is 0 Å². The van der Waals surface area contributed by atoms with Gasteiger partial charge in [-0.15, -0.1) is 0 Å². The summed E-state index contributed by atoms with van der Waals surface area (Å²) < 4.78 is 13.0. The van der Waals surface area contributed by atoms with Crippen LogP contribution in [0.2, 0.25) is 0 Å². The molecular formula is C23H27FN2O. The molecule has 0 spiro atoms. The molecule has 0 radical (unpaired) electrons. The summed E-state index contributed by atoms with van der Waals surface area (Å²) in [5, 5.41) is 3.25. The zero-order chi connectivity index (χ0) is 18.6. The topological polar surface area (TPSA) is 32.3 Å². The van der Waals surface area contributed by atoms with Gasteiger partial charge in [0.15, 0.2) is 0 Å². The number of likely N-dealkylation sites (tertiary alicyclic amines) is 1. The molecule has 1 amide bonds. The molecule has 3 nitrogen and oxygen atoms in total. The first-order valence-corrected chi connectivity index (χ1v) is 10.0. The van der Waals surface area contributed by atoms with Gasteiger partial charge >= 0.3 is 0 Å². The Morgan fingerprint density at radius 1 is 1.04 bits per heavy atom. The minimum absolute atomic E-state index is 0.189. The molecule has 4 rings (SSSR count). The number of carbonyl (C=O) groups is 1. The Balaban J connectivity index is 1.22. The minimum Gasteiger partial charge on any atom is -0.353 e. The monoisotopic (exact) mass is 366 g/mol. The van der Waals surface area contributed by atoms with Crippen LogP contribution >= 0.6 is 0 Å². The van der Waals surface area contributed by atoms with E-state index in [1.165, 1.54) is 23.3 Å². The second kappa shape index (κ2) is 8.22. The van der Waals surface area contributed by atoms with Gasteiger partial charge in [-0.2, -0.15) is 0 Å². The van der Waals surface area contributed by atoms with Gasteiger partial charge in [0, 0.05) is 32.1 Å². The summed E-state index contributed by atoms with van der Waals surface area (Å²) in [6.45, 7) is 2.78. The maximum Gasteiger partial charge on any atom is 0.220 e. The number of hydrogen-bond acceptors (Lipinski definition) is 2. The van der Waals surface area contributed by atoms with Crippen molar-refractivity contribution in [2.75, 3.05) is 13.1 Å². The number of benzene rings is 2. The zero-order valence-electron chi connectivity index (χ0n) is 15.7. The van der Waals surface area contributed by atoms with Crippen LogP contribution in [0.15, 0.2) is 48.5 Å². The largest absolute Gasteiger partial charge is 0.353 e. The summed E-state index contributed by atoms with van der Waals surface area (Å²) in [7, 11) is 0. The first-order chi connectivity index (χ1) is 13.2. The van der Waals surface area contributed by atoms with Crippen LogP contribution < -0.4 is 5.32 Å². The molecule has 0 unspecified atom stereocenters. The van der Waals surface area contributed by atoms with Crippen LogP contribution in [0.1, 0.15) is 48.3 Å². The Bertz CT molecular complexity index is 781. The standard InChI is InChI=1S/C23H27FN2O/c24-20-9-5-17(6-10-20)16-26-13-11-21(12-14-26)25-23(27)15-19-8-7-18-3-1-2-4-22(18)19/h1-6,9-10,19,21H,7-8,11-16H2,(H,25,27)/t19-/m1/s1. The lowest BCUT2D eigenvalue weighted by Gasteiger charge is -2.32. The summed E-state index contributed by atoms with van der Waals surface area (Å²) in [5.74, 6) is 0.374. The second-order valence-corrected chi connectivity index (χ2v) is 7.88. The molecular weight excluding hydrogens is 339 g/mol. The lowest BCUT2D eigenvalue weighted by Crippen LogP contribution is -2.44. The Morgan fingerprint density at radius 3 is 2.56 bits per heavy atom. The van der Waals surface area contributed by atoms with Crippen LogP contribution in [-0.4, -0.2) is 29.9 Å². The third kappa shape index (κ3) is 4.56. The number of hydrogen-bond donors (Lipinski definition) is 1. The molecule has 2 aliphatic rings. The first kappa shape index (κ1) is 18.2. The van der Waals surface area contributed by atoms with Crippen molar-refractivity contribution in [1.29, 1.82) is 0 Å². The molecule has 0 saturated carbocycles. The van der Waals surface area contributed by atoms with Gasteiger partial charge in [-0.1, -0.05) is 36.4 Å². The van der Waals surface area contributed by atoms with E-state index in [2.05, 4.69) is 34.5 Å². The van der Waals surface area contributed by atoms with E-state index >= 15 is 0 Å². The maximum absolute atomic E-state index is 13.0. The van der Waals surface area contributed by atoms with Crippen molar-refractivity contribution in [3.63, 3.8) is 0 Å². The van der Waals surface area contributed by atoms with Gasteiger partial charge in [-0.3, -0.25) is 9.69 Å². The Morgan fingerprint density at radius 2 is 1.78 bits per heavy atom. The molecule has 2 aromatic rings. The maximum atomic E-state index is 13.0. The van der Waals surface area contributed by atoms with Gasteiger partial charge in [-0.25, -0.2) is 4.39 Å². The lowest BCUT2D eigenvalue weighted by atomic mass is 9.97. The predicted octanol–water partition coefficient (Wildman–Crippen LogP) is 4.03. The number of nitrogens with zero attached hydrogens (tertiary/aromatic N) is 1. The summed E-state index contributed by atoms with van der Waals surface area (Å²) in [6, 6.07) is 15.5. The fraction of sp³-hybridized carbons (Fsp3) is 0.435. The highest BCUT2D eigenvalue weighted by molar-refractivity contribution is 5.77. The third-order valence-electron chi connectivity index (χ3n) is 5.96. The van der Waals surface area contributed by atoms with Crippen molar-refractivity contribution in [1.82, 2.24) is 10.2 Å². The van der Waals surface area contributed by atoms with E-state index in [0.29, 0.717) is 12.3 Å². The fourth-order valence-corrected chi connectivity index (χ4v) is 4.45. The fourth-order valence-electron chi connectivity index (χ4n) is 4.45. The molecule has 4 heteroatoms. The molecule has 1 N–H and O–H groups in total. The van der Waals surface area contributed by atoms with Crippen molar-refractivity contribution < 1.29 is 9.18 Å². The average molecular weight is 366 g/mol. The van der Waals surface area contributed by atoms with E-state index in [1.807, 2.05) is 12.1 Å². The summed E-state index contributed by atoms with van der Waals surface area (Å²) in [5.41, 5.74) is 3.91. The highest BCUT2D eigenvalue weighted by atomic mass is 19.1. The number of aryl methyl sites for hydroxylation is 1. The molecule has 27 heavy (non-hydrogen) atoms. The number of carbonyl (C=O) groups excluding carboxylic acids is 1. The minimum atomic E-state index is -0.190. The zero-order valence-corrected chi connectivity index (χ0v) is 15.7. The molecule has 1 saturated heterocycles. The SMILES string of the molecule is O=C(C[C@H]1CCc2ccccc21)NC1CCN(Cc2ccc(F)cc2)CC1. The highest BCUT2D eigenvalue weighted by Crippen LogP contribution is 2.35. The molecule has 1 heterocycles. The first-order valence-electron chi connectivity index (χ1n) is 10.0. The van der Waals surface area contributed by atoms with Crippen LogP contribution in [-0.2, 0) is 17.8 Å². The summed E-state index contributed by atoms with van der Waals surface area (Å²) in [4.78, 5) is 14.9. The van der Waals surface area contributed by atoms with Crippen LogP contribution in [0.3, 0.4) is 0 Å². The highest BCUT2D eigenvalue weighted by Gasteiger charge is 2.26. The van der Waals surface area contributed by atoms with E-state index < -0.39 is 0 Å². The van der Waals surface area contributed by atoms with E-state index in [9.17, 15) is 9.18 Å². The smallest absolute Gasteiger partial charge is 0.220 e. The van der Waals surface area contributed by atoms with Gasteiger partial charge in [-0.05, 0) is 60.4 Å². The van der Waals surface area contributed by atoms with Gasteiger partial charge in [0.2, 0.25) is 5.91 Å². The van der Waals surface area contributed by atoms with Gasteiger partial charge in [0.1, 0.15) is 5.82 Å². The molecule has 142 valence electrons. The van der Waals surface area contributed by atoms with Crippen molar-refractivity contribution in [3.8, 4) is 0 Å². The van der Waals surface area contributed by atoms with Gasteiger partial charge in [0.25, 0.3) is 0 Å². The Labute approximate surface area is 160 Å². The van der Waals surface area contributed by atoms with Crippen LogP contribution in [0.5, 0.6) is 0 Å². The molecule has 1 fully saturated rings. The number of rotatable bonds is 5. The van der Waals surface area contributed by atoms with E-state index in [1.54, 1.807) is 0 Å². The van der Waals surface area contributed by atoms with Crippen LogP contribution in [0.25, 0.3) is 0 Å². The number of piperidine rings is 1. The van der Waals surface area contributed by atoms with Crippen molar-refractivity contribution >= 4 is 5.91 Å². The van der Waals surface area contributed by atoms with Crippen LogP contribution in [0.4, 0.5) is 4.39 Å². The molecule has 1 aliphatic carbocycles. The third-order valence-corrected chi connectivity index (χ3v) is 5.96. The van der Waals surface area contributed by atoms with Gasteiger partial charge < -0.3 is 5.32 Å². The van der Waals surface area contributed by atoms with Crippen molar-refractivity contribution in [3.05, 3.63) is 71.0 Å².